The standard InChI is InChI=1S/C24H20N6O/c1-14-3-4-19-18-5-6-27-10-17(18)12-30-13-29-21(9-25)23(30)16-8-22(24(26)28-11-16)31-15(2)20(19)7-14/h3-8,10-11,13,15H,12H2,1-2H3,(H2,26,28). The van der Waals surface area contributed by atoms with Gasteiger partial charge in [0.1, 0.15) is 12.2 Å². The molecule has 1 unspecified atom stereocenters. The normalized spacial score (nSPS) is 14.7. The molecule has 0 spiro atoms. The Balaban J connectivity index is 1.83. The van der Waals surface area contributed by atoms with Crippen LogP contribution < -0.4 is 10.5 Å². The summed E-state index contributed by atoms with van der Waals surface area (Å²) in [6, 6.07) is 12.4. The van der Waals surface area contributed by atoms with Gasteiger partial charge in [-0.2, -0.15) is 5.26 Å². The second-order valence-electron chi connectivity index (χ2n) is 7.67. The lowest BCUT2D eigenvalue weighted by Gasteiger charge is -2.23. The zero-order chi connectivity index (χ0) is 21.5. The molecule has 31 heavy (non-hydrogen) atoms. The molecule has 7 nitrogen and oxygen atoms in total. The molecular weight excluding hydrogens is 388 g/mol. The third kappa shape index (κ3) is 3.19. The van der Waals surface area contributed by atoms with E-state index >= 15 is 0 Å². The van der Waals surface area contributed by atoms with Crippen molar-refractivity contribution in [3.8, 4) is 34.2 Å². The summed E-state index contributed by atoms with van der Waals surface area (Å²) in [6.45, 7) is 4.58. The third-order valence-electron chi connectivity index (χ3n) is 5.58. The molecule has 0 aliphatic carbocycles. The Morgan fingerprint density at radius 3 is 2.87 bits per heavy atom. The largest absolute Gasteiger partial charge is 0.482 e. The molecule has 3 aromatic heterocycles. The summed E-state index contributed by atoms with van der Waals surface area (Å²) in [5, 5.41) is 9.64. The summed E-state index contributed by atoms with van der Waals surface area (Å²) < 4.78 is 8.24. The molecule has 4 heterocycles. The smallest absolute Gasteiger partial charge is 0.166 e. The van der Waals surface area contributed by atoms with E-state index < -0.39 is 0 Å². The molecule has 152 valence electrons. The van der Waals surface area contributed by atoms with Crippen LogP contribution in [0.25, 0.3) is 22.4 Å². The maximum absolute atomic E-state index is 9.64. The van der Waals surface area contributed by atoms with Gasteiger partial charge in [-0.25, -0.2) is 9.97 Å². The van der Waals surface area contributed by atoms with Crippen LogP contribution in [-0.2, 0) is 6.54 Å². The summed E-state index contributed by atoms with van der Waals surface area (Å²) in [7, 11) is 0. The topological polar surface area (TPSA) is 103 Å². The Morgan fingerprint density at radius 1 is 1.16 bits per heavy atom. The molecule has 5 rings (SSSR count). The monoisotopic (exact) mass is 408 g/mol. The number of nitriles is 1. The lowest BCUT2D eigenvalue weighted by molar-refractivity contribution is 0.228. The number of nitrogen functional groups attached to an aromatic ring is 1. The second-order valence-corrected chi connectivity index (χ2v) is 7.67. The number of fused-ring (bicyclic) bond motifs is 7. The molecule has 1 aromatic carbocycles. The van der Waals surface area contributed by atoms with Crippen LogP contribution in [0.15, 0.2) is 55.2 Å². The van der Waals surface area contributed by atoms with Crippen molar-refractivity contribution in [1.29, 1.82) is 5.26 Å². The number of aryl methyl sites for hydroxylation is 1. The maximum atomic E-state index is 9.64. The van der Waals surface area contributed by atoms with E-state index in [1.54, 1.807) is 18.7 Å². The second kappa shape index (κ2) is 7.26. The Kier molecular flexibility index (Phi) is 4.41. The van der Waals surface area contributed by atoms with Crippen LogP contribution >= 0.6 is 0 Å². The quantitative estimate of drug-likeness (QED) is 0.466. The fourth-order valence-electron chi connectivity index (χ4n) is 4.08. The first-order valence-electron chi connectivity index (χ1n) is 9.96. The molecule has 2 N–H and O–H groups in total. The number of benzene rings is 1. The molecule has 0 fully saturated rings. The molecule has 1 aliphatic rings. The molecule has 0 saturated carbocycles. The number of nitrogens with zero attached hydrogens (tertiary/aromatic N) is 5. The minimum absolute atomic E-state index is 0.268. The number of anilines is 1. The molecule has 0 amide bonds. The molecular formula is C24H20N6O. The number of ether oxygens (including phenoxy) is 1. The van der Waals surface area contributed by atoms with Crippen LogP contribution in [0.4, 0.5) is 5.82 Å². The van der Waals surface area contributed by atoms with Crippen LogP contribution in [-0.4, -0.2) is 19.5 Å². The van der Waals surface area contributed by atoms with Crippen molar-refractivity contribution in [3.63, 3.8) is 0 Å². The number of pyridine rings is 2. The van der Waals surface area contributed by atoms with Gasteiger partial charge in [0.2, 0.25) is 0 Å². The SMILES string of the molecule is Cc1ccc2c(c1)C(C)Oc1cc(cnc1N)-c1c(C#N)ncn1Cc1cnccc1-2. The highest BCUT2D eigenvalue weighted by molar-refractivity contribution is 5.73. The molecule has 7 heteroatoms. The number of aromatic nitrogens is 4. The van der Waals surface area contributed by atoms with Crippen molar-refractivity contribution < 1.29 is 4.74 Å². The number of hydrogen-bond donors (Lipinski definition) is 1. The van der Waals surface area contributed by atoms with E-state index in [9.17, 15) is 5.26 Å². The van der Waals surface area contributed by atoms with Crippen molar-refractivity contribution in [3.05, 3.63) is 77.6 Å². The first-order chi connectivity index (χ1) is 15.0. The van der Waals surface area contributed by atoms with E-state index in [4.69, 9.17) is 10.5 Å². The summed E-state index contributed by atoms with van der Waals surface area (Å²) in [5.41, 5.74) is 13.2. The van der Waals surface area contributed by atoms with E-state index in [1.165, 1.54) is 0 Å². The minimum Gasteiger partial charge on any atom is -0.482 e. The average Bonchev–Trinajstić information content (AvgIpc) is 3.17. The molecule has 1 aliphatic heterocycles. The van der Waals surface area contributed by atoms with E-state index in [0.29, 0.717) is 29.5 Å². The Morgan fingerprint density at radius 2 is 2.03 bits per heavy atom. The van der Waals surface area contributed by atoms with E-state index in [-0.39, 0.29) is 6.10 Å². The van der Waals surface area contributed by atoms with Gasteiger partial charge in [-0.1, -0.05) is 23.8 Å². The first kappa shape index (κ1) is 18.8. The maximum Gasteiger partial charge on any atom is 0.166 e. The highest BCUT2D eigenvalue weighted by atomic mass is 16.5. The number of hydrogen-bond acceptors (Lipinski definition) is 6. The van der Waals surface area contributed by atoms with E-state index in [2.05, 4.69) is 46.1 Å². The van der Waals surface area contributed by atoms with Gasteiger partial charge in [0.25, 0.3) is 0 Å². The van der Waals surface area contributed by atoms with Crippen LogP contribution in [0, 0.1) is 18.3 Å². The van der Waals surface area contributed by atoms with Crippen LogP contribution in [0.5, 0.6) is 5.75 Å². The van der Waals surface area contributed by atoms with Gasteiger partial charge in [0.15, 0.2) is 17.3 Å². The van der Waals surface area contributed by atoms with Gasteiger partial charge in [0.05, 0.1) is 18.6 Å². The Hall–Kier alpha value is -4.18. The summed E-state index contributed by atoms with van der Waals surface area (Å²) in [4.78, 5) is 13.0. The van der Waals surface area contributed by atoms with E-state index in [1.807, 2.05) is 29.8 Å². The number of imidazole rings is 1. The van der Waals surface area contributed by atoms with Crippen LogP contribution in [0.3, 0.4) is 0 Å². The zero-order valence-corrected chi connectivity index (χ0v) is 17.2. The predicted molar refractivity (Wildman–Crippen MR) is 117 cm³/mol. The highest BCUT2D eigenvalue weighted by Gasteiger charge is 2.22. The first-order valence-corrected chi connectivity index (χ1v) is 9.96. The fourth-order valence-corrected chi connectivity index (χ4v) is 4.08. The van der Waals surface area contributed by atoms with Gasteiger partial charge in [0, 0.05) is 29.7 Å². The summed E-state index contributed by atoms with van der Waals surface area (Å²) in [6.07, 6.45) is 6.70. The summed E-state index contributed by atoms with van der Waals surface area (Å²) in [5.74, 6) is 0.778. The lowest BCUT2D eigenvalue weighted by Crippen LogP contribution is -2.11. The van der Waals surface area contributed by atoms with Crippen molar-refractivity contribution in [2.75, 3.05) is 5.73 Å². The van der Waals surface area contributed by atoms with Gasteiger partial charge < -0.3 is 15.0 Å². The van der Waals surface area contributed by atoms with Crippen LogP contribution in [0.2, 0.25) is 0 Å². The highest BCUT2D eigenvalue weighted by Crippen LogP contribution is 2.37. The van der Waals surface area contributed by atoms with Crippen molar-refractivity contribution in [2.45, 2.75) is 26.5 Å². The Labute approximate surface area is 179 Å². The average molecular weight is 408 g/mol. The molecule has 4 aromatic rings. The molecule has 1 atom stereocenters. The van der Waals surface area contributed by atoms with Gasteiger partial charge in [-0.15, -0.1) is 0 Å². The van der Waals surface area contributed by atoms with Gasteiger partial charge in [-0.3, -0.25) is 4.98 Å². The fraction of sp³-hybridized carbons (Fsp3) is 0.167. The summed E-state index contributed by atoms with van der Waals surface area (Å²) >= 11 is 0. The van der Waals surface area contributed by atoms with Gasteiger partial charge >= 0.3 is 0 Å². The Bertz CT molecular complexity index is 1350. The number of rotatable bonds is 0. The molecule has 0 saturated heterocycles. The van der Waals surface area contributed by atoms with Gasteiger partial charge in [-0.05, 0) is 42.7 Å². The predicted octanol–water partition coefficient (Wildman–Crippen LogP) is 4.27. The van der Waals surface area contributed by atoms with E-state index in [0.717, 1.165) is 33.4 Å². The van der Waals surface area contributed by atoms with Crippen molar-refractivity contribution in [1.82, 2.24) is 19.5 Å². The van der Waals surface area contributed by atoms with Crippen molar-refractivity contribution in [2.24, 2.45) is 0 Å². The molecule has 0 radical (unpaired) electrons. The third-order valence-corrected chi connectivity index (χ3v) is 5.58. The zero-order valence-electron chi connectivity index (χ0n) is 17.2. The van der Waals surface area contributed by atoms with Crippen LogP contribution in [0.1, 0.15) is 35.4 Å². The minimum atomic E-state index is -0.268. The molecule has 2 bridgehead atoms. The number of nitrogens with two attached hydrogens (primary N) is 1. The van der Waals surface area contributed by atoms with Crippen molar-refractivity contribution >= 4 is 5.82 Å². The lowest BCUT2D eigenvalue weighted by atomic mass is 9.92.